The lowest BCUT2D eigenvalue weighted by Crippen LogP contribution is -2.19. The number of aliphatic imine (C=N–C) groups is 1. The fraction of sp³-hybridized carbons (Fsp3) is 0.261. The largest absolute Gasteiger partial charge is 0.359 e. The number of nitrogens with one attached hydrogen (secondary N) is 2. The van der Waals surface area contributed by atoms with E-state index in [9.17, 15) is 4.79 Å². The van der Waals surface area contributed by atoms with Crippen LogP contribution in [0, 0.1) is 0 Å². The summed E-state index contributed by atoms with van der Waals surface area (Å²) in [7, 11) is 0. The molecule has 6 nitrogen and oxygen atoms in total. The second-order valence-electron chi connectivity index (χ2n) is 7.93. The first kappa shape index (κ1) is 20.3. The molecule has 150 valence electrons. The van der Waals surface area contributed by atoms with Gasteiger partial charge in [0.15, 0.2) is 5.82 Å². The van der Waals surface area contributed by atoms with Crippen LogP contribution in [0.1, 0.15) is 37.7 Å². The third-order valence-corrected chi connectivity index (χ3v) is 4.52. The van der Waals surface area contributed by atoms with Gasteiger partial charge in [-0.3, -0.25) is 10.3 Å². The molecule has 3 aromatic rings. The molecular formula is C23H26N4O2. The zero-order valence-corrected chi connectivity index (χ0v) is 17.0. The Morgan fingerprint density at radius 2 is 1.59 bits per heavy atom. The van der Waals surface area contributed by atoms with Crippen molar-refractivity contribution in [3.05, 3.63) is 71.5 Å². The minimum absolute atomic E-state index is 0.163. The van der Waals surface area contributed by atoms with E-state index in [2.05, 4.69) is 39.6 Å². The number of amides is 2. The van der Waals surface area contributed by atoms with E-state index in [0.717, 1.165) is 18.5 Å². The monoisotopic (exact) mass is 390 g/mol. The molecule has 0 aliphatic rings. The molecule has 0 radical (unpaired) electrons. The smallest absolute Gasteiger partial charge is 0.324 e. The highest BCUT2D eigenvalue weighted by Gasteiger charge is 2.20. The first-order valence-electron chi connectivity index (χ1n) is 9.53. The van der Waals surface area contributed by atoms with Crippen LogP contribution in [-0.4, -0.2) is 17.9 Å². The summed E-state index contributed by atoms with van der Waals surface area (Å²) in [6.45, 7) is 9.59. The van der Waals surface area contributed by atoms with Gasteiger partial charge in [-0.2, -0.15) is 0 Å². The number of urea groups is 1. The molecule has 2 N–H and O–H groups in total. The molecule has 0 spiro atoms. The van der Waals surface area contributed by atoms with Gasteiger partial charge < -0.3 is 9.84 Å². The van der Waals surface area contributed by atoms with Crippen molar-refractivity contribution in [3.8, 4) is 0 Å². The first-order chi connectivity index (χ1) is 13.8. The van der Waals surface area contributed by atoms with Crippen LogP contribution in [0.25, 0.3) is 0 Å². The quantitative estimate of drug-likeness (QED) is 0.527. The van der Waals surface area contributed by atoms with Gasteiger partial charge in [-0.15, -0.1) is 0 Å². The Bertz CT molecular complexity index is 967. The van der Waals surface area contributed by atoms with Gasteiger partial charge in [0.25, 0.3) is 0 Å². The lowest BCUT2D eigenvalue weighted by molar-refractivity contribution is 0.262. The van der Waals surface area contributed by atoms with Crippen LogP contribution in [0.4, 0.5) is 22.0 Å². The van der Waals surface area contributed by atoms with Crippen molar-refractivity contribution in [1.29, 1.82) is 0 Å². The highest BCUT2D eigenvalue weighted by atomic mass is 16.5. The van der Waals surface area contributed by atoms with E-state index in [4.69, 9.17) is 4.52 Å². The number of anilines is 2. The lowest BCUT2D eigenvalue weighted by atomic mass is 9.93. The lowest BCUT2D eigenvalue weighted by Gasteiger charge is -2.12. The maximum Gasteiger partial charge on any atom is 0.324 e. The third kappa shape index (κ3) is 5.78. The van der Waals surface area contributed by atoms with Gasteiger partial charge in [0.1, 0.15) is 5.76 Å². The van der Waals surface area contributed by atoms with Gasteiger partial charge in [0.05, 0.1) is 5.69 Å². The third-order valence-electron chi connectivity index (χ3n) is 4.52. The van der Waals surface area contributed by atoms with E-state index in [1.807, 2.05) is 57.2 Å². The van der Waals surface area contributed by atoms with Crippen LogP contribution in [0.2, 0.25) is 0 Å². The van der Waals surface area contributed by atoms with Gasteiger partial charge in [-0.05, 0) is 55.0 Å². The second-order valence-corrected chi connectivity index (χ2v) is 7.93. The van der Waals surface area contributed by atoms with E-state index in [1.165, 1.54) is 11.1 Å². The van der Waals surface area contributed by atoms with Gasteiger partial charge >= 0.3 is 6.03 Å². The maximum atomic E-state index is 12.2. The minimum Gasteiger partial charge on any atom is -0.359 e. The summed E-state index contributed by atoms with van der Waals surface area (Å²) < 4.78 is 5.27. The minimum atomic E-state index is -0.359. The number of rotatable bonds is 6. The van der Waals surface area contributed by atoms with Crippen LogP contribution >= 0.6 is 0 Å². The topological polar surface area (TPSA) is 79.5 Å². The molecule has 0 atom stereocenters. The predicted octanol–water partition coefficient (Wildman–Crippen LogP) is 5.73. The van der Waals surface area contributed by atoms with Crippen molar-refractivity contribution < 1.29 is 9.32 Å². The number of carbonyl (C=O) groups excluding carboxylic acids is 1. The van der Waals surface area contributed by atoms with Crippen molar-refractivity contribution >= 4 is 29.9 Å². The summed E-state index contributed by atoms with van der Waals surface area (Å²) in [5.41, 5.74) is 3.88. The van der Waals surface area contributed by atoms with E-state index in [-0.39, 0.29) is 11.4 Å². The van der Waals surface area contributed by atoms with Crippen LogP contribution in [0.5, 0.6) is 0 Å². The molecule has 2 amide bonds. The van der Waals surface area contributed by atoms with Crippen molar-refractivity contribution in [2.24, 2.45) is 4.99 Å². The Kier molecular flexibility index (Phi) is 6.12. The second kappa shape index (κ2) is 8.73. The number of aromatic nitrogens is 1. The Balaban J connectivity index is 1.51. The SMILES string of the molecule is C=Nc1ccc(CCc2ccc(NC(=O)Nc3cc(C(C)(C)C)on3)cc2)cc1. The summed E-state index contributed by atoms with van der Waals surface area (Å²) in [5, 5.41) is 9.38. The molecule has 2 aromatic carbocycles. The van der Waals surface area contributed by atoms with Crippen molar-refractivity contribution in [3.63, 3.8) is 0 Å². The van der Waals surface area contributed by atoms with Gasteiger partial charge in [-0.25, -0.2) is 4.79 Å². The molecule has 6 heteroatoms. The Labute approximate surface area is 171 Å². The molecule has 1 heterocycles. The Hall–Kier alpha value is -3.41. The zero-order chi connectivity index (χ0) is 20.9. The van der Waals surface area contributed by atoms with E-state index < -0.39 is 0 Å². The standard InChI is InChI=1S/C23H26N4O2/c1-23(2,3)20-15-21(27-29-20)26-22(28)25-19-13-9-17(10-14-19)6-5-16-7-11-18(24-4)12-8-16/h7-15H,4-6H2,1-3H3,(H2,25,26,27,28). The fourth-order valence-electron chi connectivity index (χ4n) is 2.78. The Morgan fingerprint density at radius 1 is 1.00 bits per heavy atom. The summed E-state index contributed by atoms with van der Waals surface area (Å²) >= 11 is 0. The molecular weight excluding hydrogens is 364 g/mol. The summed E-state index contributed by atoms with van der Waals surface area (Å²) in [6.07, 6.45) is 1.86. The molecule has 0 unspecified atom stereocenters. The molecule has 29 heavy (non-hydrogen) atoms. The van der Waals surface area contributed by atoms with Crippen LogP contribution in [-0.2, 0) is 18.3 Å². The molecule has 0 fully saturated rings. The molecule has 1 aromatic heterocycles. The number of benzene rings is 2. The van der Waals surface area contributed by atoms with E-state index >= 15 is 0 Å². The van der Waals surface area contributed by atoms with Crippen molar-refractivity contribution in [2.75, 3.05) is 10.6 Å². The van der Waals surface area contributed by atoms with Crippen molar-refractivity contribution in [2.45, 2.75) is 39.0 Å². The summed E-state index contributed by atoms with van der Waals surface area (Å²) in [4.78, 5) is 16.1. The van der Waals surface area contributed by atoms with Crippen LogP contribution in [0.15, 0.2) is 64.1 Å². The summed E-state index contributed by atoms with van der Waals surface area (Å²) in [6, 6.07) is 17.3. The normalized spacial score (nSPS) is 11.1. The van der Waals surface area contributed by atoms with Gasteiger partial charge in [-0.1, -0.05) is 50.2 Å². The number of carbonyl (C=O) groups is 1. The van der Waals surface area contributed by atoms with Gasteiger partial charge in [0, 0.05) is 17.2 Å². The van der Waals surface area contributed by atoms with E-state index in [0.29, 0.717) is 17.3 Å². The molecule has 3 rings (SSSR count). The first-order valence-corrected chi connectivity index (χ1v) is 9.53. The summed E-state index contributed by atoms with van der Waals surface area (Å²) in [5.74, 6) is 1.11. The van der Waals surface area contributed by atoms with Crippen molar-refractivity contribution in [1.82, 2.24) is 5.16 Å². The maximum absolute atomic E-state index is 12.2. The van der Waals surface area contributed by atoms with Crippen LogP contribution < -0.4 is 10.6 Å². The number of hydrogen-bond acceptors (Lipinski definition) is 4. The molecule has 0 saturated heterocycles. The highest BCUT2D eigenvalue weighted by Crippen LogP contribution is 2.24. The van der Waals surface area contributed by atoms with Gasteiger partial charge in [0.2, 0.25) is 0 Å². The highest BCUT2D eigenvalue weighted by molar-refractivity contribution is 5.99. The average molecular weight is 390 g/mol. The molecule has 0 aliphatic heterocycles. The zero-order valence-electron chi connectivity index (χ0n) is 17.0. The predicted molar refractivity (Wildman–Crippen MR) is 117 cm³/mol. The molecule has 0 saturated carbocycles. The molecule has 0 aliphatic carbocycles. The van der Waals surface area contributed by atoms with Crippen LogP contribution in [0.3, 0.4) is 0 Å². The fourth-order valence-corrected chi connectivity index (χ4v) is 2.78. The number of hydrogen-bond donors (Lipinski definition) is 2. The van der Waals surface area contributed by atoms with E-state index in [1.54, 1.807) is 6.07 Å². The number of nitrogens with zero attached hydrogens (tertiary/aromatic N) is 2. The average Bonchev–Trinajstić information content (AvgIpc) is 3.17. The number of aryl methyl sites for hydroxylation is 2. The molecule has 0 bridgehead atoms. The Morgan fingerprint density at radius 3 is 2.10 bits per heavy atom.